The summed E-state index contributed by atoms with van der Waals surface area (Å²) in [5.41, 5.74) is 5.26. The van der Waals surface area contributed by atoms with Crippen molar-refractivity contribution < 1.29 is 34.5 Å². The van der Waals surface area contributed by atoms with E-state index in [1.165, 1.54) is 6.92 Å². The van der Waals surface area contributed by atoms with Gasteiger partial charge in [-0.3, -0.25) is 14.4 Å². The highest BCUT2D eigenvalue weighted by Gasteiger charge is 2.28. The topological polar surface area (TPSA) is 179 Å². The molecule has 0 bridgehead atoms. The van der Waals surface area contributed by atoms with Crippen LogP contribution in [0.4, 0.5) is 0 Å². The second kappa shape index (κ2) is 8.07. The lowest BCUT2D eigenvalue weighted by atomic mass is 10.2. The number of hydrogen-bond donors (Lipinski definition) is 6. The molecule has 0 unspecified atom stereocenters. The van der Waals surface area contributed by atoms with Crippen molar-refractivity contribution >= 4 is 23.8 Å². The summed E-state index contributed by atoms with van der Waals surface area (Å²) in [5.74, 6) is -4.70. The molecule has 0 aliphatic rings. The molecule has 2 amide bonds. The number of hydrogen-bond acceptors (Lipinski definition) is 6. The summed E-state index contributed by atoms with van der Waals surface area (Å²) in [6.07, 6.45) is -0.833. The number of nitrogens with one attached hydrogen (secondary N) is 2. The van der Waals surface area contributed by atoms with Gasteiger partial charge in [0.2, 0.25) is 11.8 Å². The molecule has 7 N–H and O–H groups in total. The molecule has 20 heavy (non-hydrogen) atoms. The number of carbonyl (C=O) groups excluding carboxylic acids is 2. The Morgan fingerprint density at radius 2 is 1.55 bits per heavy atom. The first-order valence-corrected chi connectivity index (χ1v) is 5.60. The monoisotopic (exact) mass is 291 g/mol. The number of aliphatic carboxylic acids is 2. The van der Waals surface area contributed by atoms with E-state index in [-0.39, 0.29) is 0 Å². The first kappa shape index (κ1) is 17.8. The number of rotatable bonds is 8. The summed E-state index contributed by atoms with van der Waals surface area (Å²) < 4.78 is 0. The van der Waals surface area contributed by atoms with Gasteiger partial charge < -0.3 is 31.7 Å². The fourth-order valence-electron chi connectivity index (χ4n) is 1.14. The van der Waals surface area contributed by atoms with Crippen molar-refractivity contribution in [2.24, 2.45) is 5.73 Å². The molecule has 0 rings (SSSR count). The molecule has 114 valence electrons. The predicted molar refractivity (Wildman–Crippen MR) is 64.5 cm³/mol. The zero-order chi connectivity index (χ0) is 15.9. The largest absolute Gasteiger partial charge is 0.481 e. The number of amides is 2. The quantitative estimate of drug-likeness (QED) is 0.271. The Morgan fingerprint density at radius 3 is 1.90 bits per heavy atom. The molecule has 0 aliphatic carbocycles. The SMILES string of the molecule is C[C@H](N)C(=O)N[C@@H](CO)C(=O)N[C@@H](CC(=O)O)C(=O)O. The van der Waals surface area contributed by atoms with Crippen LogP contribution >= 0.6 is 0 Å². The number of aliphatic hydroxyl groups is 1. The van der Waals surface area contributed by atoms with Gasteiger partial charge in [-0.1, -0.05) is 0 Å². The summed E-state index contributed by atoms with van der Waals surface area (Å²) in [7, 11) is 0. The minimum Gasteiger partial charge on any atom is -0.481 e. The van der Waals surface area contributed by atoms with Crippen molar-refractivity contribution in [2.45, 2.75) is 31.5 Å². The number of aliphatic hydroxyl groups excluding tert-OH is 1. The third kappa shape index (κ3) is 6.11. The Labute approximate surface area is 113 Å². The zero-order valence-electron chi connectivity index (χ0n) is 10.7. The number of carbonyl (C=O) groups is 4. The molecule has 10 nitrogen and oxygen atoms in total. The van der Waals surface area contributed by atoms with E-state index in [9.17, 15) is 19.2 Å². The van der Waals surface area contributed by atoms with Crippen molar-refractivity contribution in [3.8, 4) is 0 Å². The maximum atomic E-state index is 11.6. The highest BCUT2D eigenvalue weighted by molar-refractivity contribution is 5.92. The Bertz CT molecular complexity index is 396. The molecule has 0 fully saturated rings. The summed E-state index contributed by atoms with van der Waals surface area (Å²) >= 11 is 0. The van der Waals surface area contributed by atoms with Crippen molar-refractivity contribution in [3.05, 3.63) is 0 Å². The fraction of sp³-hybridized carbons (Fsp3) is 0.600. The molecule has 10 heteroatoms. The number of carboxylic acids is 2. The van der Waals surface area contributed by atoms with Gasteiger partial charge in [0.15, 0.2) is 0 Å². The average Bonchev–Trinajstić information content (AvgIpc) is 2.33. The highest BCUT2D eigenvalue weighted by atomic mass is 16.4. The van der Waals surface area contributed by atoms with E-state index in [0.717, 1.165) is 0 Å². The molecule has 0 heterocycles. The second-order valence-corrected chi connectivity index (χ2v) is 4.03. The van der Waals surface area contributed by atoms with Gasteiger partial charge in [0.05, 0.1) is 19.1 Å². The van der Waals surface area contributed by atoms with E-state index in [4.69, 9.17) is 21.1 Å². The fourth-order valence-corrected chi connectivity index (χ4v) is 1.14. The van der Waals surface area contributed by atoms with Gasteiger partial charge >= 0.3 is 11.9 Å². The van der Waals surface area contributed by atoms with E-state index in [1.54, 1.807) is 0 Å². The van der Waals surface area contributed by atoms with Gasteiger partial charge in [0.25, 0.3) is 0 Å². The third-order valence-electron chi connectivity index (χ3n) is 2.22. The molecule has 0 aromatic carbocycles. The van der Waals surface area contributed by atoms with Crippen molar-refractivity contribution in [3.63, 3.8) is 0 Å². The number of nitrogens with two attached hydrogens (primary N) is 1. The van der Waals surface area contributed by atoms with Crippen LogP contribution in [0.5, 0.6) is 0 Å². The summed E-state index contributed by atoms with van der Waals surface area (Å²) in [5, 5.41) is 30.2. The maximum absolute atomic E-state index is 11.6. The first-order chi connectivity index (χ1) is 9.18. The Morgan fingerprint density at radius 1 is 1.05 bits per heavy atom. The van der Waals surface area contributed by atoms with Gasteiger partial charge in [-0.15, -0.1) is 0 Å². The van der Waals surface area contributed by atoms with Crippen molar-refractivity contribution in [1.29, 1.82) is 0 Å². The van der Waals surface area contributed by atoms with Crippen LogP contribution in [0.25, 0.3) is 0 Å². The van der Waals surface area contributed by atoms with Gasteiger partial charge in [-0.05, 0) is 6.92 Å². The van der Waals surface area contributed by atoms with Crippen LogP contribution in [0.15, 0.2) is 0 Å². The molecule has 0 aliphatic heterocycles. The second-order valence-electron chi connectivity index (χ2n) is 4.03. The molecular weight excluding hydrogens is 274 g/mol. The first-order valence-electron chi connectivity index (χ1n) is 5.60. The van der Waals surface area contributed by atoms with Gasteiger partial charge in [-0.25, -0.2) is 4.79 Å². The molecule has 3 atom stereocenters. The Kier molecular flexibility index (Phi) is 7.18. The van der Waals surface area contributed by atoms with Gasteiger partial charge in [0.1, 0.15) is 12.1 Å². The lowest BCUT2D eigenvalue weighted by molar-refractivity contribution is -0.147. The average molecular weight is 291 g/mol. The molecule has 0 aromatic heterocycles. The molecule has 0 saturated carbocycles. The summed E-state index contributed by atoms with van der Waals surface area (Å²) in [6.45, 7) is 0.565. The minimum atomic E-state index is -1.67. The van der Waals surface area contributed by atoms with Crippen LogP contribution in [0.2, 0.25) is 0 Å². The molecule has 0 saturated heterocycles. The summed E-state index contributed by atoms with van der Waals surface area (Å²) in [4.78, 5) is 44.1. The van der Waals surface area contributed by atoms with Gasteiger partial charge in [-0.2, -0.15) is 0 Å². The van der Waals surface area contributed by atoms with Gasteiger partial charge in [0, 0.05) is 0 Å². The Hall–Kier alpha value is -2.20. The third-order valence-corrected chi connectivity index (χ3v) is 2.22. The van der Waals surface area contributed by atoms with Crippen LogP contribution in [0, 0.1) is 0 Å². The molecule has 0 aromatic rings. The van der Waals surface area contributed by atoms with Crippen LogP contribution in [0.1, 0.15) is 13.3 Å². The molecule has 0 spiro atoms. The standard InChI is InChI=1S/C10H17N3O7/c1-4(11)8(17)13-6(3-14)9(18)12-5(10(19)20)2-7(15)16/h4-6,14H,2-3,11H2,1H3,(H,12,18)(H,13,17)(H,15,16)(H,19,20)/t4-,5-,6-/m0/s1. The van der Waals surface area contributed by atoms with E-state index in [0.29, 0.717) is 0 Å². The van der Waals surface area contributed by atoms with E-state index in [2.05, 4.69) is 5.32 Å². The van der Waals surface area contributed by atoms with Crippen molar-refractivity contribution in [2.75, 3.05) is 6.61 Å². The van der Waals surface area contributed by atoms with Crippen LogP contribution in [0.3, 0.4) is 0 Å². The van der Waals surface area contributed by atoms with E-state index >= 15 is 0 Å². The lowest BCUT2D eigenvalue weighted by Gasteiger charge is -2.19. The summed E-state index contributed by atoms with van der Waals surface area (Å²) in [6, 6.07) is -4.00. The lowest BCUT2D eigenvalue weighted by Crippen LogP contribution is -2.55. The normalized spacial score (nSPS) is 14.8. The van der Waals surface area contributed by atoms with Crippen LogP contribution in [-0.4, -0.2) is 63.8 Å². The molecular formula is C10H17N3O7. The smallest absolute Gasteiger partial charge is 0.326 e. The Balaban J connectivity index is 4.70. The van der Waals surface area contributed by atoms with Crippen LogP contribution < -0.4 is 16.4 Å². The van der Waals surface area contributed by atoms with E-state index < -0.39 is 54.9 Å². The van der Waals surface area contributed by atoms with Crippen molar-refractivity contribution in [1.82, 2.24) is 10.6 Å². The maximum Gasteiger partial charge on any atom is 0.326 e. The van der Waals surface area contributed by atoms with E-state index in [1.807, 2.05) is 5.32 Å². The zero-order valence-corrected chi connectivity index (χ0v) is 10.7. The van der Waals surface area contributed by atoms with Crippen LogP contribution in [-0.2, 0) is 19.2 Å². The minimum absolute atomic E-state index is 0.718. The molecule has 0 radical (unpaired) electrons. The predicted octanol–water partition coefficient (Wildman–Crippen LogP) is -3.15. The highest BCUT2D eigenvalue weighted by Crippen LogP contribution is 1.95. The number of carboxylic acid groups (broad SMARTS) is 2.